The van der Waals surface area contributed by atoms with Gasteiger partial charge in [0.15, 0.2) is 5.96 Å². The quantitative estimate of drug-likeness (QED) is 0.353. The number of rotatable bonds is 9. The Morgan fingerprint density at radius 1 is 1.24 bits per heavy atom. The summed E-state index contributed by atoms with van der Waals surface area (Å²) in [6, 6.07) is 13.4. The SMILES string of the molecule is CCNC(=NCC(O)c1ccc(Cl)s1)NCCCOc1ccccc1. The molecule has 0 aliphatic heterocycles. The Morgan fingerprint density at radius 3 is 2.72 bits per heavy atom. The highest BCUT2D eigenvalue weighted by atomic mass is 35.5. The highest BCUT2D eigenvalue weighted by molar-refractivity contribution is 7.16. The number of benzene rings is 1. The molecule has 7 heteroatoms. The van der Waals surface area contributed by atoms with E-state index < -0.39 is 6.10 Å². The molecule has 1 unspecified atom stereocenters. The Kier molecular flexibility index (Phi) is 8.59. The van der Waals surface area contributed by atoms with Crippen molar-refractivity contribution < 1.29 is 9.84 Å². The third-order valence-electron chi connectivity index (χ3n) is 3.31. The number of aliphatic hydroxyl groups excluding tert-OH is 1. The van der Waals surface area contributed by atoms with Crippen molar-refractivity contribution in [3.05, 3.63) is 51.7 Å². The largest absolute Gasteiger partial charge is 0.494 e. The minimum absolute atomic E-state index is 0.284. The molecule has 1 aromatic heterocycles. The third kappa shape index (κ3) is 7.34. The maximum absolute atomic E-state index is 10.2. The molecule has 136 valence electrons. The molecule has 1 aromatic carbocycles. The molecule has 0 saturated carbocycles. The van der Waals surface area contributed by atoms with Crippen LogP contribution in [0.3, 0.4) is 0 Å². The van der Waals surface area contributed by atoms with Crippen LogP contribution in [0.1, 0.15) is 24.3 Å². The van der Waals surface area contributed by atoms with E-state index in [2.05, 4.69) is 15.6 Å². The van der Waals surface area contributed by atoms with Crippen LogP contribution in [0.4, 0.5) is 0 Å². The van der Waals surface area contributed by atoms with E-state index in [4.69, 9.17) is 16.3 Å². The lowest BCUT2D eigenvalue weighted by molar-refractivity contribution is 0.191. The van der Waals surface area contributed by atoms with Crippen molar-refractivity contribution >= 4 is 28.9 Å². The van der Waals surface area contributed by atoms with E-state index in [0.29, 0.717) is 16.9 Å². The van der Waals surface area contributed by atoms with Gasteiger partial charge in [-0.05, 0) is 37.6 Å². The molecule has 0 aliphatic rings. The van der Waals surface area contributed by atoms with Gasteiger partial charge in [-0.3, -0.25) is 4.99 Å². The van der Waals surface area contributed by atoms with Crippen LogP contribution in [0.5, 0.6) is 5.75 Å². The second kappa shape index (κ2) is 11.0. The van der Waals surface area contributed by atoms with Gasteiger partial charge in [0.1, 0.15) is 11.9 Å². The Balaban J connectivity index is 1.71. The number of nitrogens with zero attached hydrogens (tertiary/aromatic N) is 1. The lowest BCUT2D eigenvalue weighted by atomic mass is 10.3. The predicted molar refractivity (Wildman–Crippen MR) is 105 cm³/mol. The molecular weight excluding hydrogens is 358 g/mol. The Hall–Kier alpha value is -1.76. The van der Waals surface area contributed by atoms with Gasteiger partial charge in [0.05, 0.1) is 17.5 Å². The number of guanidine groups is 1. The van der Waals surface area contributed by atoms with Gasteiger partial charge in [0.25, 0.3) is 0 Å². The minimum atomic E-state index is -0.644. The highest BCUT2D eigenvalue weighted by Crippen LogP contribution is 2.26. The molecule has 1 atom stereocenters. The molecule has 0 amide bonds. The van der Waals surface area contributed by atoms with Gasteiger partial charge in [0, 0.05) is 18.0 Å². The van der Waals surface area contributed by atoms with Gasteiger partial charge in [0.2, 0.25) is 0 Å². The van der Waals surface area contributed by atoms with Crippen LogP contribution in [-0.2, 0) is 0 Å². The summed E-state index contributed by atoms with van der Waals surface area (Å²) in [6.45, 7) is 4.41. The first-order valence-electron chi connectivity index (χ1n) is 8.32. The fourth-order valence-electron chi connectivity index (χ4n) is 2.10. The summed E-state index contributed by atoms with van der Waals surface area (Å²) in [6.07, 6.45) is 0.205. The number of nitrogens with one attached hydrogen (secondary N) is 2. The molecule has 0 aliphatic carbocycles. The van der Waals surface area contributed by atoms with Crippen molar-refractivity contribution in [2.24, 2.45) is 4.99 Å². The highest BCUT2D eigenvalue weighted by Gasteiger charge is 2.10. The molecule has 3 N–H and O–H groups in total. The number of halogens is 1. The molecule has 0 fully saturated rings. The van der Waals surface area contributed by atoms with Crippen LogP contribution in [-0.4, -0.2) is 37.3 Å². The number of hydrogen-bond acceptors (Lipinski definition) is 4. The Labute approximate surface area is 157 Å². The number of ether oxygens (including phenoxy) is 1. The van der Waals surface area contributed by atoms with E-state index in [0.717, 1.165) is 30.1 Å². The number of hydrogen-bond donors (Lipinski definition) is 3. The topological polar surface area (TPSA) is 65.9 Å². The maximum atomic E-state index is 10.2. The van der Waals surface area contributed by atoms with Crippen LogP contribution >= 0.6 is 22.9 Å². The average molecular weight is 382 g/mol. The summed E-state index contributed by atoms with van der Waals surface area (Å²) in [4.78, 5) is 5.24. The van der Waals surface area contributed by atoms with E-state index in [1.54, 1.807) is 6.07 Å². The second-order valence-electron chi connectivity index (χ2n) is 5.32. The fourth-order valence-corrected chi connectivity index (χ4v) is 3.14. The number of para-hydroxylation sites is 1. The lowest BCUT2D eigenvalue weighted by Crippen LogP contribution is -2.38. The van der Waals surface area contributed by atoms with E-state index >= 15 is 0 Å². The fraction of sp³-hybridized carbons (Fsp3) is 0.389. The first-order chi connectivity index (χ1) is 12.2. The van der Waals surface area contributed by atoms with Gasteiger partial charge >= 0.3 is 0 Å². The molecule has 0 saturated heterocycles. The Bertz CT molecular complexity index is 649. The summed E-state index contributed by atoms with van der Waals surface area (Å²) in [5.74, 6) is 1.56. The van der Waals surface area contributed by atoms with Crippen molar-refractivity contribution in [1.29, 1.82) is 0 Å². The third-order valence-corrected chi connectivity index (χ3v) is 4.65. The van der Waals surface area contributed by atoms with Crippen LogP contribution in [0.25, 0.3) is 0 Å². The van der Waals surface area contributed by atoms with E-state index in [1.807, 2.05) is 43.3 Å². The standard InChI is InChI=1S/C18H24ClN3O2S/c1-2-20-18(22-13-15(23)16-9-10-17(19)25-16)21-11-6-12-24-14-7-4-3-5-8-14/h3-5,7-10,15,23H,2,6,11-13H2,1H3,(H2,20,21,22). The molecule has 1 heterocycles. The van der Waals surface area contributed by atoms with Gasteiger partial charge in [-0.25, -0.2) is 0 Å². The van der Waals surface area contributed by atoms with Crippen molar-refractivity contribution in [3.8, 4) is 5.75 Å². The Morgan fingerprint density at radius 2 is 2.04 bits per heavy atom. The maximum Gasteiger partial charge on any atom is 0.191 e. The molecule has 0 spiro atoms. The smallest absolute Gasteiger partial charge is 0.191 e. The molecule has 2 rings (SSSR count). The molecular formula is C18H24ClN3O2S. The van der Waals surface area contributed by atoms with Gasteiger partial charge < -0.3 is 20.5 Å². The van der Waals surface area contributed by atoms with Crippen LogP contribution in [0.2, 0.25) is 4.34 Å². The summed E-state index contributed by atoms with van der Waals surface area (Å²) in [7, 11) is 0. The van der Waals surface area contributed by atoms with Crippen molar-refractivity contribution in [1.82, 2.24) is 10.6 Å². The minimum Gasteiger partial charge on any atom is -0.494 e. The second-order valence-corrected chi connectivity index (χ2v) is 7.07. The first kappa shape index (κ1) is 19.6. The summed E-state index contributed by atoms with van der Waals surface area (Å²) in [5.41, 5.74) is 0. The molecule has 2 aromatic rings. The summed E-state index contributed by atoms with van der Waals surface area (Å²) < 4.78 is 6.32. The molecule has 5 nitrogen and oxygen atoms in total. The molecule has 25 heavy (non-hydrogen) atoms. The normalized spacial score (nSPS) is 12.7. The van der Waals surface area contributed by atoms with Crippen LogP contribution < -0.4 is 15.4 Å². The predicted octanol–water partition coefficient (Wildman–Crippen LogP) is 3.46. The van der Waals surface area contributed by atoms with Crippen molar-refractivity contribution in [2.45, 2.75) is 19.4 Å². The van der Waals surface area contributed by atoms with Gasteiger partial charge in [-0.1, -0.05) is 29.8 Å². The average Bonchev–Trinajstić information content (AvgIpc) is 3.06. The molecule has 0 bridgehead atoms. The zero-order chi connectivity index (χ0) is 17.9. The van der Waals surface area contributed by atoms with Crippen LogP contribution in [0, 0.1) is 0 Å². The zero-order valence-corrected chi connectivity index (χ0v) is 15.8. The summed E-state index contributed by atoms with van der Waals surface area (Å²) >= 11 is 7.27. The van der Waals surface area contributed by atoms with Crippen molar-refractivity contribution in [2.75, 3.05) is 26.2 Å². The zero-order valence-electron chi connectivity index (χ0n) is 14.2. The van der Waals surface area contributed by atoms with Crippen molar-refractivity contribution in [3.63, 3.8) is 0 Å². The van der Waals surface area contributed by atoms with E-state index in [-0.39, 0.29) is 6.54 Å². The number of thiophene rings is 1. The lowest BCUT2D eigenvalue weighted by Gasteiger charge is -2.13. The van der Waals surface area contributed by atoms with Gasteiger partial charge in [-0.2, -0.15) is 0 Å². The monoisotopic (exact) mass is 381 g/mol. The summed E-state index contributed by atoms with van der Waals surface area (Å²) in [5, 5.41) is 16.6. The number of aliphatic hydroxyl groups is 1. The number of aliphatic imine (C=N–C) groups is 1. The van der Waals surface area contributed by atoms with Gasteiger partial charge in [-0.15, -0.1) is 11.3 Å². The van der Waals surface area contributed by atoms with Crippen LogP contribution in [0.15, 0.2) is 47.5 Å². The molecule has 0 radical (unpaired) electrons. The van der Waals surface area contributed by atoms with E-state index in [1.165, 1.54) is 11.3 Å². The first-order valence-corrected chi connectivity index (χ1v) is 9.52. The van der Waals surface area contributed by atoms with E-state index in [9.17, 15) is 5.11 Å².